The summed E-state index contributed by atoms with van der Waals surface area (Å²) in [5.41, 5.74) is 2.73. The van der Waals surface area contributed by atoms with E-state index < -0.39 is 10.0 Å². The third kappa shape index (κ3) is 5.18. The Bertz CT molecular complexity index is 931. The summed E-state index contributed by atoms with van der Waals surface area (Å²) in [6, 6.07) is 14.2. The number of hydrogen-bond donors (Lipinski definition) is 0. The summed E-state index contributed by atoms with van der Waals surface area (Å²) in [5, 5.41) is 0. The first kappa shape index (κ1) is 22.1. The predicted octanol–water partition coefficient (Wildman–Crippen LogP) is 4.91. The van der Waals surface area contributed by atoms with Gasteiger partial charge in [-0.05, 0) is 46.9 Å². The second-order valence-corrected chi connectivity index (χ2v) is 9.62. The molecule has 0 aliphatic heterocycles. The maximum atomic E-state index is 12.5. The minimum atomic E-state index is -3.51. The SMILES string of the molecule is CCN(CC)S(=O)(=O)c1ccc(C(=O)C=Cc2ccc(C(C)(C)C)cc2)cc1. The lowest BCUT2D eigenvalue weighted by Crippen LogP contribution is -2.30. The van der Waals surface area contributed by atoms with Gasteiger partial charge in [0.05, 0.1) is 4.90 Å². The number of allylic oxidation sites excluding steroid dienone is 1. The van der Waals surface area contributed by atoms with E-state index in [4.69, 9.17) is 0 Å². The van der Waals surface area contributed by atoms with Crippen LogP contribution in [0.15, 0.2) is 59.5 Å². The molecule has 0 aliphatic carbocycles. The molecule has 0 amide bonds. The average Bonchev–Trinajstić information content (AvgIpc) is 2.66. The highest BCUT2D eigenvalue weighted by molar-refractivity contribution is 7.89. The number of carbonyl (C=O) groups excluding carboxylic acids is 1. The van der Waals surface area contributed by atoms with Crippen LogP contribution in [0.5, 0.6) is 0 Å². The van der Waals surface area contributed by atoms with Crippen LogP contribution in [-0.2, 0) is 15.4 Å². The Labute approximate surface area is 168 Å². The molecule has 0 atom stereocenters. The lowest BCUT2D eigenvalue weighted by atomic mass is 9.87. The van der Waals surface area contributed by atoms with E-state index in [0.717, 1.165) is 5.56 Å². The van der Waals surface area contributed by atoms with Crippen molar-refractivity contribution >= 4 is 21.9 Å². The number of carbonyl (C=O) groups is 1. The molecule has 0 aromatic heterocycles. The zero-order chi connectivity index (χ0) is 20.9. The van der Waals surface area contributed by atoms with Crippen LogP contribution >= 0.6 is 0 Å². The van der Waals surface area contributed by atoms with Gasteiger partial charge in [-0.1, -0.05) is 65.0 Å². The van der Waals surface area contributed by atoms with E-state index in [1.54, 1.807) is 32.1 Å². The molecule has 5 heteroatoms. The number of hydrogen-bond acceptors (Lipinski definition) is 3. The summed E-state index contributed by atoms with van der Waals surface area (Å²) >= 11 is 0. The van der Waals surface area contributed by atoms with Crippen LogP contribution < -0.4 is 0 Å². The molecule has 0 spiro atoms. The molecule has 0 aliphatic rings. The minimum absolute atomic E-state index is 0.0886. The first-order valence-corrected chi connectivity index (χ1v) is 11.0. The van der Waals surface area contributed by atoms with Crippen LogP contribution in [0.1, 0.15) is 56.1 Å². The van der Waals surface area contributed by atoms with Gasteiger partial charge < -0.3 is 0 Å². The van der Waals surface area contributed by atoms with Crippen LogP contribution in [-0.4, -0.2) is 31.6 Å². The number of ketones is 1. The summed E-state index contributed by atoms with van der Waals surface area (Å²) in [6.45, 7) is 10.9. The molecule has 0 bridgehead atoms. The molecule has 0 fully saturated rings. The molecule has 4 nitrogen and oxygen atoms in total. The normalized spacial score (nSPS) is 12.6. The van der Waals surface area contributed by atoms with Crippen molar-refractivity contribution in [2.24, 2.45) is 0 Å². The summed E-state index contributed by atoms with van der Waals surface area (Å²) < 4.78 is 26.4. The Balaban J connectivity index is 2.14. The van der Waals surface area contributed by atoms with Crippen LogP contribution in [0.3, 0.4) is 0 Å². The zero-order valence-electron chi connectivity index (χ0n) is 17.3. The van der Waals surface area contributed by atoms with Crippen molar-refractivity contribution in [2.75, 3.05) is 13.1 Å². The van der Waals surface area contributed by atoms with Gasteiger partial charge in [-0.15, -0.1) is 0 Å². The fraction of sp³-hybridized carbons (Fsp3) is 0.348. The highest BCUT2D eigenvalue weighted by Gasteiger charge is 2.21. The molecular formula is C23H29NO3S. The van der Waals surface area contributed by atoms with Gasteiger partial charge in [0.15, 0.2) is 5.78 Å². The third-order valence-electron chi connectivity index (χ3n) is 4.69. The standard InChI is InChI=1S/C23H29NO3S/c1-6-24(7-2)28(26,27)21-15-11-19(12-16-21)22(25)17-10-18-8-13-20(14-9-18)23(3,4)5/h8-17H,6-7H2,1-5H3. The topological polar surface area (TPSA) is 54.5 Å². The molecule has 0 N–H and O–H groups in total. The largest absolute Gasteiger partial charge is 0.289 e. The predicted molar refractivity (Wildman–Crippen MR) is 115 cm³/mol. The maximum absolute atomic E-state index is 12.5. The van der Waals surface area contributed by atoms with Gasteiger partial charge in [0.2, 0.25) is 10.0 Å². The maximum Gasteiger partial charge on any atom is 0.243 e. The Morgan fingerprint density at radius 2 is 1.46 bits per heavy atom. The third-order valence-corrected chi connectivity index (χ3v) is 6.75. The van der Waals surface area contributed by atoms with Gasteiger partial charge in [-0.3, -0.25) is 4.79 Å². The van der Waals surface area contributed by atoms with Gasteiger partial charge in [0.25, 0.3) is 0 Å². The van der Waals surface area contributed by atoms with Crippen LogP contribution in [0, 0.1) is 0 Å². The van der Waals surface area contributed by atoms with E-state index in [9.17, 15) is 13.2 Å². The molecule has 2 aromatic rings. The summed E-state index contributed by atoms with van der Waals surface area (Å²) in [6.07, 6.45) is 3.29. The van der Waals surface area contributed by atoms with Crippen molar-refractivity contribution in [3.8, 4) is 0 Å². The molecular weight excluding hydrogens is 370 g/mol. The van der Waals surface area contributed by atoms with Crippen molar-refractivity contribution in [1.82, 2.24) is 4.31 Å². The highest BCUT2D eigenvalue weighted by atomic mass is 32.2. The van der Waals surface area contributed by atoms with E-state index in [2.05, 4.69) is 32.9 Å². The Kier molecular flexibility index (Phi) is 6.96. The van der Waals surface area contributed by atoms with E-state index >= 15 is 0 Å². The number of benzene rings is 2. The quantitative estimate of drug-likeness (QED) is 0.491. The number of sulfonamides is 1. The molecule has 0 unspecified atom stereocenters. The lowest BCUT2D eigenvalue weighted by Gasteiger charge is -2.18. The van der Waals surface area contributed by atoms with Gasteiger partial charge >= 0.3 is 0 Å². The number of nitrogens with zero attached hydrogens (tertiary/aromatic N) is 1. The molecule has 2 rings (SSSR count). The molecule has 0 heterocycles. The Hall–Kier alpha value is -2.24. The Morgan fingerprint density at radius 3 is 1.93 bits per heavy atom. The fourth-order valence-corrected chi connectivity index (χ4v) is 4.32. The van der Waals surface area contributed by atoms with Gasteiger partial charge in [0.1, 0.15) is 0 Å². The monoisotopic (exact) mass is 399 g/mol. The van der Waals surface area contributed by atoms with E-state index in [1.807, 2.05) is 12.1 Å². The van der Waals surface area contributed by atoms with Crippen molar-refractivity contribution in [3.63, 3.8) is 0 Å². The van der Waals surface area contributed by atoms with Gasteiger partial charge in [-0.2, -0.15) is 4.31 Å². The molecule has 28 heavy (non-hydrogen) atoms. The first-order chi connectivity index (χ1) is 13.1. The van der Waals surface area contributed by atoms with Crippen LogP contribution in [0.2, 0.25) is 0 Å². The summed E-state index contributed by atoms with van der Waals surface area (Å²) in [4.78, 5) is 12.6. The fourth-order valence-electron chi connectivity index (χ4n) is 2.87. The smallest absolute Gasteiger partial charge is 0.243 e. The average molecular weight is 400 g/mol. The van der Waals surface area contributed by atoms with Crippen LogP contribution in [0.25, 0.3) is 6.08 Å². The molecule has 0 saturated carbocycles. The molecule has 150 valence electrons. The van der Waals surface area contributed by atoms with Crippen molar-refractivity contribution in [1.29, 1.82) is 0 Å². The highest BCUT2D eigenvalue weighted by Crippen LogP contribution is 2.22. The molecule has 0 saturated heterocycles. The van der Waals surface area contributed by atoms with Crippen molar-refractivity contribution in [3.05, 3.63) is 71.3 Å². The molecule has 0 radical (unpaired) electrons. The van der Waals surface area contributed by atoms with Crippen molar-refractivity contribution in [2.45, 2.75) is 44.9 Å². The second-order valence-electron chi connectivity index (χ2n) is 7.68. The lowest BCUT2D eigenvalue weighted by molar-refractivity contribution is 0.104. The van der Waals surface area contributed by atoms with Gasteiger partial charge in [0, 0.05) is 18.7 Å². The minimum Gasteiger partial charge on any atom is -0.289 e. The first-order valence-electron chi connectivity index (χ1n) is 9.52. The van der Waals surface area contributed by atoms with E-state index in [-0.39, 0.29) is 16.1 Å². The van der Waals surface area contributed by atoms with E-state index in [1.165, 1.54) is 28.1 Å². The Morgan fingerprint density at radius 1 is 0.929 bits per heavy atom. The second kappa shape index (κ2) is 8.84. The van der Waals surface area contributed by atoms with Crippen molar-refractivity contribution < 1.29 is 13.2 Å². The molecule has 2 aromatic carbocycles. The van der Waals surface area contributed by atoms with E-state index in [0.29, 0.717) is 18.7 Å². The summed E-state index contributed by atoms with van der Waals surface area (Å²) in [7, 11) is -3.51. The van der Waals surface area contributed by atoms with Gasteiger partial charge in [-0.25, -0.2) is 8.42 Å². The zero-order valence-corrected chi connectivity index (χ0v) is 18.1. The van der Waals surface area contributed by atoms with Crippen LogP contribution in [0.4, 0.5) is 0 Å². The number of rotatable bonds is 7. The summed E-state index contributed by atoms with van der Waals surface area (Å²) in [5.74, 6) is -0.160.